The Labute approximate surface area is 118 Å². The highest BCUT2D eigenvalue weighted by atomic mass is 16.2. The summed E-state index contributed by atoms with van der Waals surface area (Å²) in [4.78, 5) is 11.8. The van der Waals surface area contributed by atoms with Gasteiger partial charge >= 0.3 is 0 Å². The summed E-state index contributed by atoms with van der Waals surface area (Å²) in [5.74, 6) is -0.105. The van der Waals surface area contributed by atoms with Gasteiger partial charge in [-0.1, -0.05) is 35.0 Å². The molecule has 2 aromatic rings. The lowest BCUT2D eigenvalue weighted by Gasteiger charge is -2.05. The minimum atomic E-state index is -0.181. The molecule has 1 aromatic heterocycles. The maximum Gasteiger partial charge on any atom is 0.242 e. The van der Waals surface area contributed by atoms with Crippen LogP contribution in [-0.4, -0.2) is 20.9 Å². The summed E-state index contributed by atoms with van der Waals surface area (Å²) in [5, 5.41) is 10.6. The van der Waals surface area contributed by atoms with Gasteiger partial charge in [0.2, 0.25) is 5.91 Å². The number of nitrogens with zero attached hydrogens (tertiary/aromatic N) is 3. The van der Waals surface area contributed by atoms with E-state index in [0.29, 0.717) is 12.2 Å². The summed E-state index contributed by atoms with van der Waals surface area (Å²) in [6.45, 7) is 4.51. The molecule has 0 aliphatic carbocycles. The number of nitrogens with one attached hydrogen (secondary N) is 1. The Bertz CT molecular complexity index is 574. The highest BCUT2D eigenvalue weighted by Crippen LogP contribution is 2.04. The second kappa shape index (κ2) is 6.29. The summed E-state index contributed by atoms with van der Waals surface area (Å²) in [6.07, 6.45) is 1.69. The van der Waals surface area contributed by atoms with Gasteiger partial charge in [-0.05, 0) is 19.4 Å². The van der Waals surface area contributed by atoms with E-state index in [4.69, 9.17) is 5.73 Å². The van der Waals surface area contributed by atoms with Crippen LogP contribution in [0.15, 0.2) is 30.5 Å². The Hall–Kier alpha value is -2.21. The fraction of sp³-hybridized carbons (Fsp3) is 0.357. The highest BCUT2D eigenvalue weighted by Gasteiger charge is 2.08. The van der Waals surface area contributed by atoms with Crippen LogP contribution in [0, 0.1) is 6.92 Å². The van der Waals surface area contributed by atoms with E-state index in [2.05, 4.69) is 15.6 Å². The number of carbonyl (C=O) groups is 1. The number of aromatic nitrogens is 3. The Balaban J connectivity index is 1.84. The first-order valence-electron chi connectivity index (χ1n) is 6.52. The number of hydrogen-bond donors (Lipinski definition) is 2. The zero-order chi connectivity index (χ0) is 14.5. The standard InChI is InChI=1S/C14H19N5O/c1-10-3-5-12(6-4-10)7-16-14(20)9-19-8-13(11(2)15)17-18-19/h3-6,8,11H,7,9,15H2,1-2H3,(H,16,20). The molecule has 0 saturated heterocycles. The summed E-state index contributed by atoms with van der Waals surface area (Å²) >= 11 is 0. The first kappa shape index (κ1) is 14.2. The van der Waals surface area contributed by atoms with E-state index in [-0.39, 0.29) is 18.5 Å². The summed E-state index contributed by atoms with van der Waals surface area (Å²) in [6, 6.07) is 7.86. The predicted octanol–water partition coefficient (Wildman–Crippen LogP) is 0.923. The molecule has 1 unspecified atom stereocenters. The van der Waals surface area contributed by atoms with Gasteiger partial charge in [-0.2, -0.15) is 0 Å². The van der Waals surface area contributed by atoms with Gasteiger partial charge in [0.25, 0.3) is 0 Å². The average Bonchev–Trinajstić information content (AvgIpc) is 2.87. The van der Waals surface area contributed by atoms with Gasteiger partial charge in [-0.15, -0.1) is 5.10 Å². The molecule has 0 spiro atoms. The molecule has 0 aliphatic rings. The van der Waals surface area contributed by atoms with Crippen LogP contribution in [-0.2, 0) is 17.9 Å². The summed E-state index contributed by atoms with van der Waals surface area (Å²) < 4.78 is 1.49. The van der Waals surface area contributed by atoms with Gasteiger partial charge in [0.1, 0.15) is 6.54 Å². The number of rotatable bonds is 5. The minimum absolute atomic E-state index is 0.105. The van der Waals surface area contributed by atoms with Gasteiger partial charge < -0.3 is 11.1 Å². The van der Waals surface area contributed by atoms with Crippen molar-refractivity contribution < 1.29 is 4.79 Å². The third-order valence-corrected chi connectivity index (χ3v) is 2.94. The van der Waals surface area contributed by atoms with Gasteiger partial charge in [0.15, 0.2) is 0 Å². The normalized spacial score (nSPS) is 12.2. The fourth-order valence-corrected chi connectivity index (χ4v) is 1.71. The molecule has 1 atom stereocenters. The number of amides is 1. The van der Waals surface area contributed by atoms with Crippen molar-refractivity contribution in [2.45, 2.75) is 33.0 Å². The smallest absolute Gasteiger partial charge is 0.242 e. The fourth-order valence-electron chi connectivity index (χ4n) is 1.71. The Kier molecular flexibility index (Phi) is 4.47. The van der Waals surface area contributed by atoms with Crippen LogP contribution in [0.4, 0.5) is 0 Å². The van der Waals surface area contributed by atoms with E-state index in [1.807, 2.05) is 38.1 Å². The monoisotopic (exact) mass is 273 g/mol. The second-order valence-electron chi connectivity index (χ2n) is 4.89. The first-order valence-corrected chi connectivity index (χ1v) is 6.52. The molecule has 1 heterocycles. The molecule has 106 valence electrons. The molecule has 1 amide bonds. The van der Waals surface area contributed by atoms with Gasteiger partial charge in [-0.25, -0.2) is 4.68 Å². The van der Waals surface area contributed by atoms with Crippen LogP contribution < -0.4 is 11.1 Å². The molecule has 6 nitrogen and oxygen atoms in total. The number of hydrogen-bond acceptors (Lipinski definition) is 4. The third-order valence-electron chi connectivity index (χ3n) is 2.94. The topological polar surface area (TPSA) is 85.8 Å². The van der Waals surface area contributed by atoms with E-state index in [0.717, 1.165) is 5.56 Å². The van der Waals surface area contributed by atoms with Crippen molar-refractivity contribution in [2.24, 2.45) is 5.73 Å². The van der Waals surface area contributed by atoms with Crippen LogP contribution in [0.3, 0.4) is 0 Å². The largest absolute Gasteiger partial charge is 0.350 e. The molecule has 0 fully saturated rings. The van der Waals surface area contributed by atoms with E-state index in [1.54, 1.807) is 6.20 Å². The maximum atomic E-state index is 11.8. The minimum Gasteiger partial charge on any atom is -0.350 e. The quantitative estimate of drug-likeness (QED) is 0.848. The molecule has 3 N–H and O–H groups in total. The molecular weight excluding hydrogens is 254 g/mol. The van der Waals surface area contributed by atoms with Crippen molar-refractivity contribution in [3.05, 3.63) is 47.3 Å². The van der Waals surface area contributed by atoms with Crippen molar-refractivity contribution in [2.75, 3.05) is 0 Å². The predicted molar refractivity (Wildman–Crippen MR) is 75.7 cm³/mol. The lowest BCUT2D eigenvalue weighted by Crippen LogP contribution is -2.27. The van der Waals surface area contributed by atoms with Crippen molar-refractivity contribution in [1.29, 1.82) is 0 Å². The average molecular weight is 273 g/mol. The number of carbonyl (C=O) groups excluding carboxylic acids is 1. The molecule has 1 aromatic carbocycles. The van der Waals surface area contributed by atoms with Crippen LogP contribution >= 0.6 is 0 Å². The lowest BCUT2D eigenvalue weighted by molar-refractivity contribution is -0.122. The van der Waals surface area contributed by atoms with E-state index in [9.17, 15) is 4.79 Å². The van der Waals surface area contributed by atoms with Gasteiger partial charge in [0.05, 0.1) is 11.9 Å². The first-order chi connectivity index (χ1) is 9.54. The highest BCUT2D eigenvalue weighted by molar-refractivity contribution is 5.75. The van der Waals surface area contributed by atoms with Crippen molar-refractivity contribution in [3.8, 4) is 0 Å². The Morgan fingerprint density at radius 2 is 2.10 bits per heavy atom. The number of benzene rings is 1. The van der Waals surface area contributed by atoms with E-state index >= 15 is 0 Å². The van der Waals surface area contributed by atoms with Gasteiger partial charge in [-0.3, -0.25) is 4.79 Å². The van der Waals surface area contributed by atoms with Crippen molar-refractivity contribution in [3.63, 3.8) is 0 Å². The zero-order valence-corrected chi connectivity index (χ0v) is 11.7. The molecule has 20 heavy (non-hydrogen) atoms. The second-order valence-corrected chi connectivity index (χ2v) is 4.89. The number of aryl methyl sites for hydroxylation is 1. The van der Waals surface area contributed by atoms with Crippen molar-refractivity contribution in [1.82, 2.24) is 20.3 Å². The maximum absolute atomic E-state index is 11.8. The Morgan fingerprint density at radius 1 is 1.40 bits per heavy atom. The summed E-state index contributed by atoms with van der Waals surface area (Å²) in [5.41, 5.74) is 8.63. The Morgan fingerprint density at radius 3 is 2.70 bits per heavy atom. The molecule has 0 radical (unpaired) electrons. The van der Waals surface area contributed by atoms with Crippen LogP contribution in [0.25, 0.3) is 0 Å². The molecule has 0 aliphatic heterocycles. The third kappa shape index (κ3) is 3.89. The SMILES string of the molecule is Cc1ccc(CNC(=O)Cn2cc(C(C)N)nn2)cc1. The summed E-state index contributed by atoms with van der Waals surface area (Å²) in [7, 11) is 0. The van der Waals surface area contributed by atoms with Crippen LogP contribution in [0.5, 0.6) is 0 Å². The van der Waals surface area contributed by atoms with E-state index in [1.165, 1.54) is 10.2 Å². The van der Waals surface area contributed by atoms with Crippen LogP contribution in [0.1, 0.15) is 29.8 Å². The lowest BCUT2D eigenvalue weighted by atomic mass is 10.1. The molecule has 2 rings (SSSR count). The van der Waals surface area contributed by atoms with Crippen LogP contribution in [0.2, 0.25) is 0 Å². The zero-order valence-electron chi connectivity index (χ0n) is 11.7. The van der Waals surface area contributed by atoms with Crippen molar-refractivity contribution >= 4 is 5.91 Å². The van der Waals surface area contributed by atoms with E-state index < -0.39 is 0 Å². The molecule has 0 saturated carbocycles. The van der Waals surface area contributed by atoms with Gasteiger partial charge in [0, 0.05) is 12.6 Å². The number of nitrogens with two attached hydrogens (primary N) is 1. The molecule has 0 bridgehead atoms. The molecule has 6 heteroatoms. The molecular formula is C14H19N5O.